The molecule has 0 aliphatic heterocycles. The van der Waals surface area contributed by atoms with E-state index in [2.05, 4.69) is 15.9 Å². The smallest absolute Gasteiger partial charge is 0.171 e. The fourth-order valence-corrected chi connectivity index (χ4v) is 4.60. The average molecular weight is 398 g/mol. The molecule has 0 saturated heterocycles. The third kappa shape index (κ3) is 3.39. The van der Waals surface area contributed by atoms with Gasteiger partial charge in [0.2, 0.25) is 0 Å². The second kappa shape index (κ2) is 5.84. The first-order valence-corrected chi connectivity index (χ1v) is 8.46. The minimum absolute atomic E-state index is 0. The van der Waals surface area contributed by atoms with Crippen molar-refractivity contribution in [1.82, 2.24) is 0 Å². The fourth-order valence-electron chi connectivity index (χ4n) is 2.15. The van der Waals surface area contributed by atoms with Gasteiger partial charge in [-0.05, 0) is 38.0 Å². The van der Waals surface area contributed by atoms with Crippen molar-refractivity contribution in [3.8, 4) is 6.07 Å². The molecule has 0 bridgehead atoms. The Morgan fingerprint density at radius 2 is 2.10 bits per heavy atom. The van der Waals surface area contributed by atoms with Crippen molar-refractivity contribution in [3.63, 3.8) is 0 Å². The highest BCUT2D eigenvalue weighted by Gasteiger charge is 2.56. The number of sulfone groups is 1. The van der Waals surface area contributed by atoms with E-state index in [0.717, 1.165) is 0 Å². The number of nitrogens with zero attached hydrogens (tertiary/aromatic N) is 1. The van der Waals surface area contributed by atoms with Gasteiger partial charge < -0.3 is 5.73 Å². The molecular formula is C13H15BrClFN2O2S. The molecule has 0 spiro atoms. The maximum atomic E-state index is 13.9. The number of rotatable bonds is 4. The summed E-state index contributed by atoms with van der Waals surface area (Å²) >= 11 is 3.21. The van der Waals surface area contributed by atoms with Gasteiger partial charge in [-0.25, -0.2) is 12.8 Å². The van der Waals surface area contributed by atoms with Crippen LogP contribution in [0.3, 0.4) is 0 Å². The maximum absolute atomic E-state index is 13.9. The summed E-state index contributed by atoms with van der Waals surface area (Å²) in [5.41, 5.74) is 4.75. The molecule has 4 nitrogen and oxygen atoms in total. The molecular weight excluding hydrogens is 383 g/mol. The monoisotopic (exact) mass is 396 g/mol. The highest BCUT2D eigenvalue weighted by Crippen LogP contribution is 2.45. The molecule has 1 aliphatic rings. The molecule has 0 aromatic heterocycles. The Morgan fingerprint density at radius 1 is 1.52 bits per heavy atom. The van der Waals surface area contributed by atoms with Gasteiger partial charge >= 0.3 is 0 Å². The summed E-state index contributed by atoms with van der Waals surface area (Å²) in [5.74, 6) is -1.02. The average Bonchev–Trinajstić information content (AvgIpc) is 3.12. The molecule has 116 valence electrons. The number of benzene rings is 1. The Kier molecular flexibility index (Phi) is 5.11. The third-order valence-corrected chi connectivity index (χ3v) is 6.70. The minimum atomic E-state index is -3.70. The lowest BCUT2D eigenvalue weighted by atomic mass is 9.95. The highest BCUT2D eigenvalue weighted by atomic mass is 79.9. The SMILES string of the molecule is C[C@](N)(CS(=O)(=O)C1(C#N)CC1)c1cc(Br)ccc1F.Cl. The van der Waals surface area contributed by atoms with Gasteiger partial charge in [0.25, 0.3) is 0 Å². The van der Waals surface area contributed by atoms with E-state index in [1.54, 1.807) is 0 Å². The van der Waals surface area contributed by atoms with Crippen molar-refractivity contribution in [1.29, 1.82) is 5.26 Å². The van der Waals surface area contributed by atoms with E-state index >= 15 is 0 Å². The lowest BCUT2D eigenvalue weighted by Gasteiger charge is -2.26. The van der Waals surface area contributed by atoms with E-state index in [4.69, 9.17) is 11.0 Å². The molecule has 1 aromatic rings. The third-order valence-electron chi connectivity index (χ3n) is 3.54. The van der Waals surface area contributed by atoms with Gasteiger partial charge in [0, 0.05) is 10.0 Å². The van der Waals surface area contributed by atoms with Gasteiger partial charge in [-0.2, -0.15) is 5.26 Å². The minimum Gasteiger partial charge on any atom is -0.321 e. The first-order chi connectivity index (χ1) is 9.13. The zero-order valence-corrected chi connectivity index (χ0v) is 14.5. The number of nitriles is 1. The Hall–Kier alpha value is -0.680. The normalized spacial score (nSPS) is 19.0. The highest BCUT2D eigenvalue weighted by molar-refractivity contribution is 9.10. The Bertz CT molecular complexity index is 697. The summed E-state index contributed by atoms with van der Waals surface area (Å²) in [4.78, 5) is 0. The Balaban J connectivity index is 0.00000220. The molecule has 1 atom stereocenters. The zero-order valence-electron chi connectivity index (χ0n) is 11.3. The van der Waals surface area contributed by atoms with Crippen LogP contribution in [0.15, 0.2) is 22.7 Å². The van der Waals surface area contributed by atoms with Crippen LogP contribution >= 0.6 is 28.3 Å². The van der Waals surface area contributed by atoms with Gasteiger partial charge in [-0.15, -0.1) is 12.4 Å². The van der Waals surface area contributed by atoms with Crippen LogP contribution in [-0.4, -0.2) is 18.9 Å². The van der Waals surface area contributed by atoms with Crippen LogP contribution in [-0.2, 0) is 15.4 Å². The fraction of sp³-hybridized carbons (Fsp3) is 0.462. The molecule has 0 amide bonds. The van der Waals surface area contributed by atoms with Gasteiger partial charge in [-0.1, -0.05) is 15.9 Å². The summed E-state index contributed by atoms with van der Waals surface area (Å²) in [6.07, 6.45) is 0.645. The number of halogens is 3. The van der Waals surface area contributed by atoms with Crippen molar-refractivity contribution in [2.24, 2.45) is 5.73 Å². The lowest BCUT2D eigenvalue weighted by molar-refractivity contribution is 0.490. The maximum Gasteiger partial charge on any atom is 0.171 e. The molecule has 2 N–H and O–H groups in total. The molecule has 1 fully saturated rings. The summed E-state index contributed by atoms with van der Waals surface area (Å²) in [5, 5.41) is 9.01. The van der Waals surface area contributed by atoms with E-state index < -0.39 is 31.7 Å². The predicted molar refractivity (Wildman–Crippen MR) is 84.3 cm³/mol. The largest absolute Gasteiger partial charge is 0.321 e. The first kappa shape index (κ1) is 18.4. The quantitative estimate of drug-likeness (QED) is 0.846. The standard InChI is InChI=1S/C13H14BrFN2O2S.ClH/c1-12(17,10-6-9(14)2-3-11(10)15)8-20(18,19)13(7-16)4-5-13;/h2-3,6H,4-5,8,17H2,1H3;1H/t12-;/m0./s1. The van der Waals surface area contributed by atoms with Crippen LogP contribution in [0.1, 0.15) is 25.3 Å². The molecule has 1 saturated carbocycles. The van der Waals surface area contributed by atoms with E-state index in [-0.39, 0.29) is 18.0 Å². The molecule has 1 aliphatic carbocycles. The van der Waals surface area contributed by atoms with E-state index in [1.807, 2.05) is 6.07 Å². The summed E-state index contributed by atoms with van der Waals surface area (Å²) < 4.78 is 37.8. The van der Waals surface area contributed by atoms with Gasteiger partial charge in [0.15, 0.2) is 14.6 Å². The van der Waals surface area contributed by atoms with Crippen molar-refractivity contribution in [3.05, 3.63) is 34.1 Å². The second-order valence-electron chi connectivity index (χ2n) is 5.41. The summed E-state index contributed by atoms with van der Waals surface area (Å²) in [6, 6.07) is 6.06. The predicted octanol–water partition coefficient (Wildman–Crippen LogP) is 2.65. The Morgan fingerprint density at radius 3 is 2.57 bits per heavy atom. The first-order valence-electron chi connectivity index (χ1n) is 6.02. The molecule has 0 radical (unpaired) electrons. The number of nitrogens with two attached hydrogens (primary N) is 1. The van der Waals surface area contributed by atoms with Crippen LogP contribution in [0.5, 0.6) is 0 Å². The van der Waals surface area contributed by atoms with Crippen molar-refractivity contribution in [2.75, 3.05) is 5.75 Å². The summed E-state index contributed by atoms with van der Waals surface area (Å²) in [6.45, 7) is 1.46. The molecule has 2 rings (SSSR count). The molecule has 0 heterocycles. The molecule has 21 heavy (non-hydrogen) atoms. The van der Waals surface area contributed by atoms with Gasteiger partial charge in [0.1, 0.15) is 5.82 Å². The number of hydrogen-bond acceptors (Lipinski definition) is 4. The summed E-state index contributed by atoms with van der Waals surface area (Å²) in [7, 11) is -3.70. The topological polar surface area (TPSA) is 84.0 Å². The Labute approximate surface area is 138 Å². The lowest BCUT2D eigenvalue weighted by Crippen LogP contribution is -2.44. The molecule has 1 aromatic carbocycles. The van der Waals surface area contributed by atoms with E-state index in [9.17, 15) is 12.8 Å². The number of hydrogen-bond donors (Lipinski definition) is 1. The van der Waals surface area contributed by atoms with Gasteiger partial charge in [0.05, 0.1) is 17.4 Å². The molecule has 8 heteroatoms. The second-order valence-corrected chi connectivity index (χ2v) is 8.62. The van der Waals surface area contributed by atoms with Crippen LogP contribution < -0.4 is 5.73 Å². The van der Waals surface area contributed by atoms with E-state index in [1.165, 1.54) is 25.1 Å². The zero-order chi connectivity index (χ0) is 15.2. The van der Waals surface area contributed by atoms with E-state index in [0.29, 0.717) is 17.3 Å². The van der Waals surface area contributed by atoms with Crippen molar-refractivity contribution < 1.29 is 12.8 Å². The van der Waals surface area contributed by atoms with Gasteiger partial charge in [-0.3, -0.25) is 0 Å². The van der Waals surface area contributed by atoms with Crippen molar-refractivity contribution >= 4 is 38.2 Å². The van der Waals surface area contributed by atoms with Crippen LogP contribution in [0.25, 0.3) is 0 Å². The van der Waals surface area contributed by atoms with Crippen LogP contribution in [0.2, 0.25) is 0 Å². The van der Waals surface area contributed by atoms with Crippen LogP contribution in [0, 0.1) is 17.1 Å². The molecule has 0 unspecified atom stereocenters. The van der Waals surface area contributed by atoms with Crippen molar-refractivity contribution in [2.45, 2.75) is 30.1 Å². The van der Waals surface area contributed by atoms with Crippen LogP contribution in [0.4, 0.5) is 4.39 Å².